The molecule has 3 aliphatic rings. The van der Waals surface area contributed by atoms with E-state index in [4.69, 9.17) is 14.2 Å². The molecule has 238 valence electrons. The summed E-state index contributed by atoms with van der Waals surface area (Å²) >= 11 is 0. The fourth-order valence-electron chi connectivity index (χ4n) is 6.32. The predicted octanol–water partition coefficient (Wildman–Crippen LogP) is 8.43. The van der Waals surface area contributed by atoms with Crippen molar-refractivity contribution in [3.05, 3.63) is 90.1 Å². The molecular weight excluding hydrogens is 550 g/mol. The maximum absolute atomic E-state index is 13.2. The summed E-state index contributed by atoms with van der Waals surface area (Å²) in [4.78, 5) is 25.5. The Hall–Kier alpha value is -3.22. The van der Waals surface area contributed by atoms with Crippen LogP contribution in [0.5, 0.6) is 0 Å². The van der Waals surface area contributed by atoms with Crippen molar-refractivity contribution in [3.63, 3.8) is 0 Å². The number of para-hydroxylation sites is 1. The molecule has 1 N–H and O–H groups in total. The molecule has 0 spiro atoms. The molecule has 2 saturated heterocycles. The zero-order valence-corrected chi connectivity index (χ0v) is 27.0. The molecule has 44 heavy (non-hydrogen) atoms. The molecule has 2 fully saturated rings. The van der Waals surface area contributed by atoms with Gasteiger partial charge in [0, 0.05) is 24.4 Å². The Balaban J connectivity index is 1.41. The lowest BCUT2D eigenvalue weighted by molar-refractivity contribution is -0.154. The van der Waals surface area contributed by atoms with Crippen molar-refractivity contribution >= 4 is 17.6 Å². The molecule has 1 amide bonds. The van der Waals surface area contributed by atoms with E-state index in [2.05, 4.69) is 44.3 Å². The number of carbonyl (C=O) groups is 2. The molecule has 4 rings (SSSR count). The lowest BCUT2D eigenvalue weighted by Crippen LogP contribution is -2.37. The number of carbonyl (C=O) groups excluding carboxylic acids is 2. The fraction of sp³-hybridized carbons (Fsp3) is 0.526. The average Bonchev–Trinajstić information content (AvgIpc) is 2.99. The Morgan fingerprint density at radius 1 is 0.909 bits per heavy atom. The van der Waals surface area contributed by atoms with Crippen molar-refractivity contribution in [1.82, 2.24) is 0 Å². The van der Waals surface area contributed by atoms with Gasteiger partial charge < -0.3 is 19.5 Å². The SMILES string of the molecule is CC=C1CC2CC(=O)OC(C=CC=CC=C(C)CC(=O)Nc3ccccc3)C(C)C=CC(C)CC3CCCC(CC(C1)O2)O3. The predicted molar refractivity (Wildman–Crippen MR) is 177 cm³/mol. The summed E-state index contributed by atoms with van der Waals surface area (Å²) in [5, 5.41) is 2.91. The number of hydrogen-bond donors (Lipinski definition) is 1. The zero-order valence-electron chi connectivity index (χ0n) is 27.0. The molecule has 1 aromatic carbocycles. The van der Waals surface area contributed by atoms with Crippen LogP contribution in [0.2, 0.25) is 0 Å². The summed E-state index contributed by atoms with van der Waals surface area (Å²) in [5.74, 6) is 0.0844. The van der Waals surface area contributed by atoms with Gasteiger partial charge in [-0.2, -0.15) is 0 Å². The molecule has 6 heteroatoms. The first kappa shape index (κ1) is 33.7. The van der Waals surface area contributed by atoms with Crippen LogP contribution in [0.4, 0.5) is 5.69 Å². The fourth-order valence-corrected chi connectivity index (χ4v) is 6.32. The number of fused-ring (bicyclic) bond motifs is 4. The maximum atomic E-state index is 13.2. The first-order valence-electron chi connectivity index (χ1n) is 16.5. The van der Waals surface area contributed by atoms with E-state index in [1.807, 2.05) is 67.6 Å². The number of amides is 1. The van der Waals surface area contributed by atoms with E-state index >= 15 is 0 Å². The topological polar surface area (TPSA) is 73.9 Å². The Morgan fingerprint density at radius 3 is 2.41 bits per heavy atom. The monoisotopic (exact) mass is 601 g/mol. The quantitative estimate of drug-likeness (QED) is 0.201. The minimum atomic E-state index is -0.402. The van der Waals surface area contributed by atoms with E-state index in [0.717, 1.165) is 49.8 Å². The van der Waals surface area contributed by atoms with Crippen molar-refractivity contribution in [2.75, 3.05) is 5.32 Å². The molecule has 0 saturated carbocycles. The smallest absolute Gasteiger partial charge is 0.309 e. The van der Waals surface area contributed by atoms with Gasteiger partial charge in [-0.05, 0) is 76.5 Å². The van der Waals surface area contributed by atoms with Crippen molar-refractivity contribution in [1.29, 1.82) is 0 Å². The van der Waals surface area contributed by atoms with Crippen LogP contribution in [-0.2, 0) is 23.8 Å². The van der Waals surface area contributed by atoms with Crippen LogP contribution in [0.25, 0.3) is 0 Å². The van der Waals surface area contributed by atoms with Gasteiger partial charge in [0.25, 0.3) is 0 Å². The van der Waals surface area contributed by atoms with Gasteiger partial charge in [0.1, 0.15) is 6.10 Å². The number of nitrogens with one attached hydrogen (secondary N) is 1. The highest BCUT2D eigenvalue weighted by Crippen LogP contribution is 2.33. The molecule has 0 aliphatic carbocycles. The van der Waals surface area contributed by atoms with Crippen LogP contribution in [0, 0.1) is 11.8 Å². The Kier molecular flexibility index (Phi) is 13.2. The normalized spacial score (nSPS) is 31.7. The van der Waals surface area contributed by atoms with Crippen molar-refractivity contribution < 1.29 is 23.8 Å². The van der Waals surface area contributed by atoms with Crippen LogP contribution >= 0.6 is 0 Å². The van der Waals surface area contributed by atoms with Crippen LogP contribution in [0.1, 0.15) is 85.5 Å². The van der Waals surface area contributed by atoms with Crippen molar-refractivity contribution in [3.8, 4) is 0 Å². The highest BCUT2D eigenvalue weighted by molar-refractivity contribution is 5.92. The van der Waals surface area contributed by atoms with E-state index in [1.165, 1.54) is 12.0 Å². The molecule has 3 aliphatic heterocycles. The summed E-state index contributed by atoms with van der Waals surface area (Å²) < 4.78 is 19.1. The van der Waals surface area contributed by atoms with E-state index in [9.17, 15) is 9.59 Å². The third-order valence-electron chi connectivity index (χ3n) is 8.69. The third-order valence-corrected chi connectivity index (χ3v) is 8.69. The van der Waals surface area contributed by atoms with Crippen LogP contribution in [0.15, 0.2) is 90.1 Å². The molecule has 7 unspecified atom stereocenters. The lowest BCUT2D eigenvalue weighted by Gasteiger charge is -2.37. The summed E-state index contributed by atoms with van der Waals surface area (Å²) in [6.45, 7) is 8.34. The van der Waals surface area contributed by atoms with Gasteiger partial charge in [0.05, 0.1) is 30.8 Å². The summed E-state index contributed by atoms with van der Waals surface area (Å²) in [6, 6.07) is 9.45. The van der Waals surface area contributed by atoms with Crippen molar-refractivity contribution in [2.45, 2.75) is 116 Å². The number of hydrogen-bond acceptors (Lipinski definition) is 5. The maximum Gasteiger partial charge on any atom is 0.309 e. The van der Waals surface area contributed by atoms with Gasteiger partial charge in [0.15, 0.2) is 0 Å². The molecule has 3 heterocycles. The zero-order chi connectivity index (χ0) is 31.3. The first-order chi connectivity index (χ1) is 21.3. The number of cyclic esters (lactones) is 1. The van der Waals surface area contributed by atoms with E-state index < -0.39 is 6.10 Å². The Labute approximate surface area is 264 Å². The largest absolute Gasteiger partial charge is 0.457 e. The van der Waals surface area contributed by atoms with Gasteiger partial charge >= 0.3 is 5.97 Å². The van der Waals surface area contributed by atoms with Gasteiger partial charge in [0.2, 0.25) is 5.91 Å². The second kappa shape index (κ2) is 17.3. The first-order valence-corrected chi connectivity index (χ1v) is 16.5. The molecule has 7 atom stereocenters. The Morgan fingerprint density at radius 2 is 1.64 bits per heavy atom. The molecular formula is C38H51NO5. The number of ether oxygens (including phenoxy) is 3. The molecule has 6 nitrogen and oxygen atoms in total. The third kappa shape index (κ3) is 11.4. The highest BCUT2D eigenvalue weighted by Gasteiger charge is 2.32. The molecule has 0 aromatic heterocycles. The minimum absolute atomic E-state index is 0.00376. The lowest BCUT2D eigenvalue weighted by atomic mass is 9.90. The van der Waals surface area contributed by atoms with Crippen molar-refractivity contribution in [2.24, 2.45) is 11.8 Å². The molecule has 0 radical (unpaired) electrons. The summed E-state index contributed by atoms with van der Waals surface area (Å²) in [5.41, 5.74) is 3.09. The molecule has 1 aromatic rings. The summed E-state index contributed by atoms with van der Waals surface area (Å²) in [7, 11) is 0. The van der Waals surface area contributed by atoms with Crippen LogP contribution in [-0.4, -0.2) is 42.4 Å². The number of anilines is 1. The minimum Gasteiger partial charge on any atom is -0.457 e. The number of allylic oxidation sites excluding steroid dienone is 6. The van der Waals surface area contributed by atoms with Crippen LogP contribution < -0.4 is 5.32 Å². The number of rotatable bonds is 6. The number of benzene rings is 1. The molecule has 4 bridgehead atoms. The van der Waals surface area contributed by atoms with Gasteiger partial charge in [-0.25, -0.2) is 0 Å². The van der Waals surface area contributed by atoms with Gasteiger partial charge in [-0.15, -0.1) is 0 Å². The second-order valence-corrected chi connectivity index (χ2v) is 12.8. The number of esters is 1. The van der Waals surface area contributed by atoms with E-state index in [1.54, 1.807) is 0 Å². The van der Waals surface area contributed by atoms with Gasteiger partial charge in [-0.3, -0.25) is 9.59 Å². The Bertz CT molecular complexity index is 1230. The second-order valence-electron chi connectivity index (χ2n) is 12.8. The highest BCUT2D eigenvalue weighted by atomic mass is 16.5. The standard InChI is InChI=1S/C38H51NO5/c1-5-30-23-34-25-33-17-12-16-32(42-33)21-28(3)19-20-29(4)36(44-38(41)26-35(24-30)43-34)18-11-6-8-13-27(2)22-37(40)39-31-14-9-7-10-15-31/h5-11,13-15,18-20,28-29,32-36H,12,16-17,21-26H2,1-4H3,(H,39,40). The van der Waals surface area contributed by atoms with Crippen LogP contribution in [0.3, 0.4) is 0 Å². The van der Waals surface area contributed by atoms with E-state index in [0.29, 0.717) is 12.3 Å². The van der Waals surface area contributed by atoms with Gasteiger partial charge in [-0.1, -0.05) is 85.7 Å². The summed E-state index contributed by atoms with van der Waals surface area (Å²) in [6.07, 6.45) is 23.7. The average molecular weight is 602 g/mol. The van der Waals surface area contributed by atoms with E-state index in [-0.39, 0.29) is 48.6 Å².